The van der Waals surface area contributed by atoms with Crippen molar-refractivity contribution in [2.75, 3.05) is 19.7 Å². The molecule has 1 heterocycles. The topological polar surface area (TPSA) is 38.8 Å². The van der Waals surface area contributed by atoms with Gasteiger partial charge in [0.2, 0.25) is 0 Å². The molecule has 0 aromatic rings. The van der Waals surface area contributed by atoms with Gasteiger partial charge in [-0.05, 0) is 19.3 Å². The molecule has 0 aliphatic carbocycles. The fraction of sp³-hybridized carbons (Fsp3) is 0.938. The van der Waals surface area contributed by atoms with E-state index in [4.69, 9.17) is 9.57 Å². The molecule has 0 atom stereocenters. The van der Waals surface area contributed by atoms with Gasteiger partial charge < -0.3 is 9.57 Å². The number of hydrogen-bond donors (Lipinski definition) is 0. The minimum absolute atomic E-state index is 0.489. The predicted octanol–water partition coefficient (Wildman–Crippen LogP) is 4.68. The fourth-order valence-electron chi connectivity index (χ4n) is 2.48. The zero-order chi connectivity index (χ0) is 14.5. The van der Waals surface area contributed by atoms with E-state index in [1.165, 1.54) is 44.9 Å². The average molecular weight is 285 g/mol. The monoisotopic (exact) mass is 285 g/mol. The molecule has 0 unspecified atom stereocenters. The van der Waals surface area contributed by atoms with Crippen LogP contribution in [0.15, 0.2) is 0 Å². The average Bonchev–Trinajstić information content (AvgIpc) is 2.93. The first-order valence-electron chi connectivity index (χ1n) is 8.42. The number of rotatable bonds is 11. The zero-order valence-electron chi connectivity index (χ0n) is 13.1. The van der Waals surface area contributed by atoms with E-state index in [0.717, 1.165) is 38.8 Å². The van der Waals surface area contributed by atoms with Crippen molar-refractivity contribution in [3.05, 3.63) is 0 Å². The normalized spacial score (nSPS) is 15.4. The molecule has 0 saturated carbocycles. The smallest absolute Gasteiger partial charge is 0.433 e. The molecule has 1 saturated heterocycles. The van der Waals surface area contributed by atoms with Crippen LogP contribution in [0, 0.1) is 0 Å². The Labute approximate surface area is 123 Å². The van der Waals surface area contributed by atoms with Crippen LogP contribution in [-0.2, 0) is 9.57 Å². The molecular weight excluding hydrogens is 254 g/mol. The molecule has 1 rings (SSSR count). The van der Waals surface area contributed by atoms with Crippen LogP contribution in [-0.4, -0.2) is 30.9 Å². The third kappa shape index (κ3) is 9.18. The Morgan fingerprint density at radius 2 is 1.45 bits per heavy atom. The number of hydrogen-bond acceptors (Lipinski definition) is 4. The van der Waals surface area contributed by atoms with Gasteiger partial charge in [-0.2, -0.15) is 0 Å². The number of nitrogens with zero attached hydrogens (tertiary/aromatic N) is 1. The lowest BCUT2D eigenvalue weighted by atomic mass is 10.1. The van der Waals surface area contributed by atoms with Crippen molar-refractivity contribution in [3.63, 3.8) is 0 Å². The lowest BCUT2D eigenvalue weighted by Crippen LogP contribution is -2.24. The van der Waals surface area contributed by atoms with Gasteiger partial charge in [0.15, 0.2) is 0 Å². The van der Waals surface area contributed by atoms with Crippen LogP contribution >= 0.6 is 0 Å². The summed E-state index contributed by atoms with van der Waals surface area (Å²) in [5, 5.41) is 1.69. The first-order chi connectivity index (χ1) is 9.83. The highest BCUT2D eigenvalue weighted by atomic mass is 16.8. The molecule has 0 radical (unpaired) electrons. The molecule has 4 heteroatoms. The predicted molar refractivity (Wildman–Crippen MR) is 80.5 cm³/mol. The highest BCUT2D eigenvalue weighted by Gasteiger charge is 2.16. The summed E-state index contributed by atoms with van der Waals surface area (Å²) in [6.45, 7) is 4.41. The lowest BCUT2D eigenvalue weighted by molar-refractivity contribution is -0.112. The van der Waals surface area contributed by atoms with Gasteiger partial charge in [0, 0.05) is 13.1 Å². The molecular formula is C16H31NO3. The molecule has 0 N–H and O–H groups in total. The molecule has 1 fully saturated rings. The van der Waals surface area contributed by atoms with E-state index >= 15 is 0 Å². The minimum atomic E-state index is -0.536. The van der Waals surface area contributed by atoms with Gasteiger partial charge in [-0.1, -0.05) is 58.3 Å². The molecule has 0 aromatic carbocycles. The summed E-state index contributed by atoms with van der Waals surface area (Å²) in [5.74, 6) is 0. The Morgan fingerprint density at radius 1 is 0.900 bits per heavy atom. The van der Waals surface area contributed by atoms with Crippen LogP contribution in [0.1, 0.15) is 77.6 Å². The van der Waals surface area contributed by atoms with E-state index in [1.807, 2.05) is 0 Å². The summed E-state index contributed by atoms with van der Waals surface area (Å²) in [6.07, 6.45) is 13.1. The summed E-state index contributed by atoms with van der Waals surface area (Å²) in [5.41, 5.74) is 0. The van der Waals surface area contributed by atoms with E-state index in [0.29, 0.717) is 6.61 Å². The maximum atomic E-state index is 11.3. The SMILES string of the molecule is CCCCCCCCCCCOC(=O)ON1CCCC1. The van der Waals surface area contributed by atoms with Crippen molar-refractivity contribution in [1.82, 2.24) is 5.06 Å². The summed E-state index contributed by atoms with van der Waals surface area (Å²) in [7, 11) is 0. The van der Waals surface area contributed by atoms with Gasteiger partial charge in [0.25, 0.3) is 0 Å². The molecule has 0 amide bonds. The number of carbonyl (C=O) groups excluding carboxylic acids is 1. The standard InChI is InChI=1S/C16H31NO3/c1-2-3-4-5-6-7-8-9-12-15-19-16(18)20-17-13-10-11-14-17/h2-15H2,1H3. The Morgan fingerprint density at radius 3 is 2.05 bits per heavy atom. The van der Waals surface area contributed by atoms with Gasteiger partial charge >= 0.3 is 6.16 Å². The zero-order valence-corrected chi connectivity index (χ0v) is 13.1. The summed E-state index contributed by atoms with van der Waals surface area (Å²) >= 11 is 0. The molecule has 118 valence electrons. The van der Waals surface area contributed by atoms with Gasteiger partial charge in [-0.15, -0.1) is 5.06 Å². The highest BCUT2D eigenvalue weighted by Crippen LogP contribution is 2.10. The Bertz CT molecular complexity index is 240. The third-order valence-corrected chi connectivity index (χ3v) is 3.74. The van der Waals surface area contributed by atoms with E-state index in [-0.39, 0.29) is 0 Å². The molecule has 1 aliphatic heterocycles. The Kier molecular flexibility index (Phi) is 10.4. The second-order valence-corrected chi connectivity index (χ2v) is 5.65. The van der Waals surface area contributed by atoms with Crippen LogP contribution in [0.5, 0.6) is 0 Å². The van der Waals surface area contributed by atoms with E-state index < -0.39 is 6.16 Å². The van der Waals surface area contributed by atoms with Crippen molar-refractivity contribution >= 4 is 6.16 Å². The molecule has 20 heavy (non-hydrogen) atoms. The summed E-state index contributed by atoms with van der Waals surface area (Å²) in [4.78, 5) is 16.4. The fourth-order valence-corrected chi connectivity index (χ4v) is 2.48. The first-order valence-corrected chi connectivity index (χ1v) is 8.42. The van der Waals surface area contributed by atoms with Crippen molar-refractivity contribution in [3.8, 4) is 0 Å². The van der Waals surface area contributed by atoms with Crippen LogP contribution in [0.3, 0.4) is 0 Å². The van der Waals surface area contributed by atoms with Crippen LogP contribution < -0.4 is 0 Å². The highest BCUT2D eigenvalue weighted by molar-refractivity contribution is 5.59. The third-order valence-electron chi connectivity index (χ3n) is 3.74. The van der Waals surface area contributed by atoms with Crippen molar-refractivity contribution in [1.29, 1.82) is 0 Å². The summed E-state index contributed by atoms with van der Waals surface area (Å²) in [6, 6.07) is 0. The maximum Gasteiger partial charge on any atom is 0.527 e. The van der Waals surface area contributed by atoms with Crippen LogP contribution in [0.2, 0.25) is 0 Å². The lowest BCUT2D eigenvalue weighted by Gasteiger charge is -2.13. The minimum Gasteiger partial charge on any atom is -0.433 e. The van der Waals surface area contributed by atoms with Crippen molar-refractivity contribution < 1.29 is 14.4 Å². The van der Waals surface area contributed by atoms with Crippen molar-refractivity contribution in [2.24, 2.45) is 0 Å². The van der Waals surface area contributed by atoms with Crippen LogP contribution in [0.4, 0.5) is 4.79 Å². The van der Waals surface area contributed by atoms with Crippen LogP contribution in [0.25, 0.3) is 0 Å². The van der Waals surface area contributed by atoms with E-state index in [2.05, 4.69) is 6.92 Å². The number of hydroxylamine groups is 2. The van der Waals surface area contributed by atoms with E-state index in [1.54, 1.807) is 5.06 Å². The first kappa shape index (κ1) is 17.3. The second kappa shape index (κ2) is 12.0. The second-order valence-electron chi connectivity index (χ2n) is 5.65. The molecule has 4 nitrogen and oxygen atoms in total. The van der Waals surface area contributed by atoms with Gasteiger partial charge in [-0.3, -0.25) is 0 Å². The maximum absolute atomic E-state index is 11.3. The quantitative estimate of drug-likeness (QED) is 0.408. The largest absolute Gasteiger partial charge is 0.527 e. The molecule has 0 spiro atoms. The molecule has 0 bridgehead atoms. The Hall–Kier alpha value is -0.770. The van der Waals surface area contributed by atoms with Gasteiger partial charge in [-0.25, -0.2) is 4.79 Å². The number of unbranched alkanes of at least 4 members (excludes halogenated alkanes) is 8. The number of carbonyl (C=O) groups is 1. The summed E-state index contributed by atoms with van der Waals surface area (Å²) < 4.78 is 5.06. The number of ether oxygens (including phenoxy) is 1. The Balaban J connectivity index is 1.78. The molecule has 0 aromatic heterocycles. The van der Waals surface area contributed by atoms with Gasteiger partial charge in [0.1, 0.15) is 0 Å². The van der Waals surface area contributed by atoms with E-state index in [9.17, 15) is 4.79 Å². The van der Waals surface area contributed by atoms with Gasteiger partial charge in [0.05, 0.1) is 6.61 Å². The molecule has 1 aliphatic rings. The van der Waals surface area contributed by atoms with Crippen molar-refractivity contribution in [2.45, 2.75) is 77.6 Å².